The monoisotopic (exact) mass is 466 g/mol. The van der Waals surface area contributed by atoms with Gasteiger partial charge >= 0.3 is 0 Å². The summed E-state index contributed by atoms with van der Waals surface area (Å²) in [5.74, 6) is -5.52. The van der Waals surface area contributed by atoms with E-state index in [0.717, 1.165) is 12.1 Å². The van der Waals surface area contributed by atoms with E-state index in [1.807, 2.05) is 0 Å². The topological polar surface area (TPSA) is 17.1 Å². The number of benzene rings is 2. The molecule has 0 fully saturated rings. The fourth-order valence-corrected chi connectivity index (χ4v) is 3.77. The molecule has 0 heterocycles. The third-order valence-corrected chi connectivity index (χ3v) is 4.97. The Morgan fingerprint density at radius 3 is 1.46 bits per heavy atom. The molecular weight excluding hydrogens is 456 g/mol. The highest BCUT2D eigenvalue weighted by Gasteiger charge is 2.31. The van der Waals surface area contributed by atoms with Crippen molar-refractivity contribution in [2.45, 2.75) is 11.8 Å². The molecule has 0 aliphatic carbocycles. The minimum atomic E-state index is -0.933. The molecule has 0 amide bonds. The summed E-state index contributed by atoms with van der Waals surface area (Å²) in [7, 11) is 0. The molecule has 0 saturated carbocycles. The molecule has 24 heavy (non-hydrogen) atoms. The standard InChI is InChI=1S/C17H12Br2F4O/c18-7-13(11-3-1-9(20)5-15(11)22)17(24)14(8-19)12-4-2-10(21)6-16(12)23/h1-6,13-14H,7-8H2. The van der Waals surface area contributed by atoms with Gasteiger partial charge in [0.1, 0.15) is 29.1 Å². The molecule has 1 nitrogen and oxygen atoms in total. The van der Waals surface area contributed by atoms with Crippen LogP contribution in [0.1, 0.15) is 23.0 Å². The van der Waals surface area contributed by atoms with Crippen molar-refractivity contribution < 1.29 is 22.4 Å². The summed E-state index contributed by atoms with van der Waals surface area (Å²) in [5, 5.41) is 0.168. The first kappa shape index (κ1) is 19.1. The van der Waals surface area contributed by atoms with E-state index in [2.05, 4.69) is 31.9 Å². The Kier molecular flexibility index (Phi) is 6.57. The predicted octanol–water partition coefficient (Wildman–Crippen LogP) is 5.47. The minimum Gasteiger partial charge on any atom is -0.298 e. The van der Waals surface area contributed by atoms with Crippen molar-refractivity contribution in [3.63, 3.8) is 0 Å². The van der Waals surface area contributed by atoms with Gasteiger partial charge in [0.2, 0.25) is 0 Å². The highest BCUT2D eigenvalue weighted by molar-refractivity contribution is 9.09. The maximum Gasteiger partial charge on any atom is 0.149 e. The minimum absolute atomic E-state index is 0.0201. The highest BCUT2D eigenvalue weighted by atomic mass is 79.9. The molecule has 0 N–H and O–H groups in total. The van der Waals surface area contributed by atoms with Crippen molar-refractivity contribution in [2.24, 2.45) is 0 Å². The first-order valence-electron chi connectivity index (χ1n) is 6.94. The van der Waals surface area contributed by atoms with E-state index >= 15 is 0 Å². The van der Waals surface area contributed by atoms with Crippen molar-refractivity contribution >= 4 is 37.6 Å². The zero-order valence-corrected chi connectivity index (χ0v) is 15.4. The lowest BCUT2D eigenvalue weighted by Crippen LogP contribution is -2.24. The number of carbonyl (C=O) groups excluding carboxylic acids is 1. The van der Waals surface area contributed by atoms with Crippen LogP contribution in [0.25, 0.3) is 0 Å². The van der Waals surface area contributed by atoms with E-state index in [0.29, 0.717) is 12.1 Å². The van der Waals surface area contributed by atoms with Crippen LogP contribution in [0.15, 0.2) is 36.4 Å². The number of alkyl halides is 2. The van der Waals surface area contributed by atoms with Crippen molar-refractivity contribution in [3.8, 4) is 0 Å². The summed E-state index contributed by atoms with van der Waals surface area (Å²) in [6.45, 7) is 0. The Balaban J connectivity index is 2.41. The number of hydrogen-bond donors (Lipinski definition) is 0. The van der Waals surface area contributed by atoms with Crippen LogP contribution < -0.4 is 0 Å². The van der Waals surface area contributed by atoms with Gasteiger partial charge in [0.15, 0.2) is 0 Å². The second kappa shape index (κ2) is 8.25. The molecule has 0 aliphatic heterocycles. The fraction of sp³-hybridized carbons (Fsp3) is 0.235. The summed E-state index contributed by atoms with van der Waals surface area (Å²) >= 11 is 6.31. The van der Waals surface area contributed by atoms with E-state index in [4.69, 9.17) is 0 Å². The van der Waals surface area contributed by atoms with Crippen LogP contribution in [-0.2, 0) is 4.79 Å². The lowest BCUT2D eigenvalue weighted by molar-refractivity contribution is -0.121. The highest BCUT2D eigenvalue weighted by Crippen LogP contribution is 2.32. The van der Waals surface area contributed by atoms with Gasteiger partial charge < -0.3 is 0 Å². The molecule has 0 spiro atoms. The molecule has 2 aromatic rings. The van der Waals surface area contributed by atoms with Crippen LogP contribution >= 0.6 is 31.9 Å². The van der Waals surface area contributed by atoms with Gasteiger partial charge in [-0.25, -0.2) is 17.6 Å². The first-order valence-corrected chi connectivity index (χ1v) is 9.18. The summed E-state index contributed by atoms with van der Waals surface area (Å²) in [4.78, 5) is 12.8. The van der Waals surface area contributed by atoms with Crippen molar-refractivity contribution in [1.29, 1.82) is 0 Å². The van der Waals surface area contributed by atoms with Gasteiger partial charge in [0.25, 0.3) is 0 Å². The quantitative estimate of drug-likeness (QED) is 0.406. The maximum absolute atomic E-state index is 14.0. The van der Waals surface area contributed by atoms with Crippen LogP contribution in [0.3, 0.4) is 0 Å². The zero-order chi connectivity index (χ0) is 17.9. The summed E-state index contributed by atoms with van der Waals surface area (Å²) < 4.78 is 54.1. The first-order chi connectivity index (χ1) is 11.4. The molecule has 0 bridgehead atoms. The second-order valence-corrected chi connectivity index (χ2v) is 6.44. The van der Waals surface area contributed by atoms with Gasteiger partial charge in [0, 0.05) is 22.8 Å². The number of rotatable bonds is 6. The summed E-state index contributed by atoms with van der Waals surface area (Å²) in [5.41, 5.74) is 0.0403. The molecule has 2 atom stereocenters. The molecule has 128 valence electrons. The van der Waals surface area contributed by atoms with Crippen LogP contribution in [0.5, 0.6) is 0 Å². The number of ketones is 1. The SMILES string of the molecule is O=C(C(CBr)c1ccc(F)cc1F)C(CBr)c1ccc(F)cc1F. The van der Waals surface area contributed by atoms with Gasteiger partial charge in [-0.2, -0.15) is 0 Å². The van der Waals surface area contributed by atoms with Crippen molar-refractivity contribution in [3.05, 3.63) is 70.8 Å². The third kappa shape index (κ3) is 4.06. The molecule has 0 saturated heterocycles. The van der Waals surface area contributed by atoms with E-state index in [1.54, 1.807) is 0 Å². The number of hydrogen-bond acceptors (Lipinski definition) is 1. The Labute approximate surface area is 153 Å². The number of carbonyl (C=O) groups is 1. The van der Waals surface area contributed by atoms with Crippen molar-refractivity contribution in [2.75, 3.05) is 10.7 Å². The molecular formula is C17H12Br2F4O. The van der Waals surface area contributed by atoms with Gasteiger partial charge in [-0.1, -0.05) is 44.0 Å². The van der Waals surface area contributed by atoms with Gasteiger partial charge in [-0.3, -0.25) is 4.79 Å². The average Bonchev–Trinajstić information content (AvgIpc) is 2.52. The van der Waals surface area contributed by atoms with E-state index < -0.39 is 40.9 Å². The molecule has 0 aliphatic rings. The zero-order valence-electron chi connectivity index (χ0n) is 12.2. The van der Waals surface area contributed by atoms with E-state index in [-0.39, 0.29) is 21.8 Å². The lowest BCUT2D eigenvalue weighted by Gasteiger charge is -2.21. The molecule has 0 aromatic heterocycles. The Bertz CT molecular complexity index is 690. The third-order valence-electron chi connectivity index (χ3n) is 3.67. The van der Waals surface area contributed by atoms with E-state index in [9.17, 15) is 22.4 Å². The normalized spacial score (nSPS) is 13.6. The summed E-state index contributed by atoms with van der Waals surface area (Å²) in [6, 6.07) is 5.90. The number of halogens is 6. The van der Waals surface area contributed by atoms with Crippen LogP contribution in [-0.4, -0.2) is 16.4 Å². The Morgan fingerprint density at radius 1 is 0.792 bits per heavy atom. The van der Waals surface area contributed by atoms with E-state index in [1.165, 1.54) is 12.1 Å². The molecule has 2 rings (SSSR count). The van der Waals surface area contributed by atoms with Gasteiger partial charge in [-0.05, 0) is 23.3 Å². The molecule has 7 heteroatoms. The van der Waals surface area contributed by atoms with Crippen molar-refractivity contribution in [1.82, 2.24) is 0 Å². The summed E-state index contributed by atoms with van der Waals surface area (Å²) in [6.07, 6.45) is 0. The lowest BCUT2D eigenvalue weighted by atomic mass is 9.85. The van der Waals surface area contributed by atoms with Gasteiger partial charge in [-0.15, -0.1) is 0 Å². The molecule has 2 aromatic carbocycles. The largest absolute Gasteiger partial charge is 0.298 e. The Hall–Kier alpha value is -1.21. The van der Waals surface area contributed by atoms with Crippen LogP contribution in [0.4, 0.5) is 17.6 Å². The predicted molar refractivity (Wildman–Crippen MR) is 90.8 cm³/mol. The second-order valence-electron chi connectivity index (χ2n) is 5.15. The van der Waals surface area contributed by atoms with Crippen LogP contribution in [0, 0.1) is 23.3 Å². The van der Waals surface area contributed by atoms with Gasteiger partial charge in [0.05, 0.1) is 11.8 Å². The fourth-order valence-electron chi connectivity index (χ4n) is 2.44. The smallest absolute Gasteiger partial charge is 0.149 e. The average molecular weight is 468 g/mol. The maximum atomic E-state index is 14.0. The molecule has 2 unspecified atom stereocenters. The molecule has 0 radical (unpaired) electrons. The Morgan fingerprint density at radius 2 is 1.17 bits per heavy atom. The van der Waals surface area contributed by atoms with Crippen LogP contribution in [0.2, 0.25) is 0 Å². The number of Topliss-reactive ketones (excluding diaryl/α,β-unsaturated/α-hetero) is 1.